The summed E-state index contributed by atoms with van der Waals surface area (Å²) < 4.78 is 1.61. The Balaban J connectivity index is 2.06. The predicted molar refractivity (Wildman–Crippen MR) is 87.6 cm³/mol. The van der Waals surface area contributed by atoms with Crippen LogP contribution in [0.1, 0.15) is 18.2 Å². The number of rotatable bonds is 5. The molecule has 0 radical (unpaired) electrons. The third kappa shape index (κ3) is 4.58. The monoisotopic (exact) mass is 338 g/mol. The van der Waals surface area contributed by atoms with Crippen LogP contribution >= 0.6 is 23.2 Å². The Hall–Kier alpha value is -1.85. The van der Waals surface area contributed by atoms with E-state index in [1.54, 1.807) is 47.1 Å². The van der Waals surface area contributed by atoms with Gasteiger partial charge in [0.1, 0.15) is 5.69 Å². The second-order valence-corrected chi connectivity index (χ2v) is 5.64. The lowest BCUT2D eigenvalue weighted by Gasteiger charge is -2.17. The molecule has 0 fully saturated rings. The molecule has 116 valence electrons. The van der Waals surface area contributed by atoms with Gasteiger partial charge in [-0.15, -0.1) is 5.10 Å². The second-order valence-electron chi connectivity index (χ2n) is 4.77. The highest BCUT2D eigenvalue weighted by Gasteiger charge is 2.11. The quantitative estimate of drug-likeness (QED) is 0.786. The molecule has 1 aromatic heterocycles. The Morgan fingerprint density at radius 2 is 2.00 bits per heavy atom. The van der Waals surface area contributed by atoms with Gasteiger partial charge in [0.15, 0.2) is 0 Å². The summed E-state index contributed by atoms with van der Waals surface area (Å²) in [4.78, 5) is 13.9. The molecular formula is C15H16Cl2N4O. The molecule has 0 aliphatic heterocycles. The van der Waals surface area contributed by atoms with Crippen LogP contribution in [0.3, 0.4) is 0 Å². The highest BCUT2D eigenvalue weighted by atomic mass is 35.5. The van der Waals surface area contributed by atoms with E-state index in [4.69, 9.17) is 23.2 Å². The Kier molecular flexibility index (Phi) is 5.57. The van der Waals surface area contributed by atoms with Gasteiger partial charge in [-0.3, -0.25) is 9.48 Å². The number of likely N-dealkylation sites (N-methyl/N-ethyl adjacent to an activating group) is 1. The van der Waals surface area contributed by atoms with Crippen molar-refractivity contribution in [2.75, 3.05) is 6.54 Å². The van der Waals surface area contributed by atoms with Crippen molar-refractivity contribution in [3.05, 3.63) is 51.8 Å². The van der Waals surface area contributed by atoms with Gasteiger partial charge in [0.05, 0.1) is 6.54 Å². The molecule has 0 atom stereocenters. The molecule has 0 unspecified atom stereocenters. The minimum atomic E-state index is -0.107. The van der Waals surface area contributed by atoms with Crippen LogP contribution in [-0.4, -0.2) is 32.3 Å². The van der Waals surface area contributed by atoms with Crippen molar-refractivity contribution in [3.8, 4) is 0 Å². The Labute approximate surface area is 139 Å². The zero-order valence-corrected chi connectivity index (χ0v) is 13.8. The molecule has 2 aromatic rings. The fourth-order valence-corrected chi connectivity index (χ4v) is 2.50. The second kappa shape index (κ2) is 7.42. The smallest absolute Gasteiger partial charge is 0.246 e. The summed E-state index contributed by atoms with van der Waals surface area (Å²) in [5, 5.41) is 8.91. The Morgan fingerprint density at radius 1 is 1.32 bits per heavy atom. The summed E-state index contributed by atoms with van der Waals surface area (Å²) in [5.74, 6) is -0.107. The van der Waals surface area contributed by atoms with E-state index in [-0.39, 0.29) is 5.91 Å². The van der Waals surface area contributed by atoms with Crippen molar-refractivity contribution in [3.63, 3.8) is 0 Å². The van der Waals surface area contributed by atoms with Crippen molar-refractivity contribution < 1.29 is 4.79 Å². The number of hydrogen-bond donors (Lipinski definition) is 0. The van der Waals surface area contributed by atoms with Gasteiger partial charge in [0.2, 0.25) is 5.91 Å². The van der Waals surface area contributed by atoms with Crippen LogP contribution in [0, 0.1) is 0 Å². The summed E-state index contributed by atoms with van der Waals surface area (Å²) in [7, 11) is 1.79. The summed E-state index contributed by atoms with van der Waals surface area (Å²) >= 11 is 11.9. The van der Waals surface area contributed by atoms with Gasteiger partial charge in [-0.2, -0.15) is 0 Å². The number of halogens is 2. The molecule has 0 saturated carbocycles. The summed E-state index contributed by atoms with van der Waals surface area (Å²) in [6.45, 7) is 2.91. The first-order valence-electron chi connectivity index (χ1n) is 6.76. The van der Waals surface area contributed by atoms with E-state index < -0.39 is 0 Å². The minimum absolute atomic E-state index is 0.107. The van der Waals surface area contributed by atoms with Gasteiger partial charge in [-0.05, 0) is 36.8 Å². The molecule has 0 aliphatic carbocycles. The molecule has 1 heterocycles. The number of hydrogen-bond acceptors (Lipinski definition) is 3. The maximum Gasteiger partial charge on any atom is 0.246 e. The number of aromatic nitrogens is 3. The molecule has 22 heavy (non-hydrogen) atoms. The van der Waals surface area contributed by atoms with E-state index in [1.165, 1.54) is 6.08 Å². The zero-order chi connectivity index (χ0) is 16.1. The van der Waals surface area contributed by atoms with Crippen LogP contribution in [0.2, 0.25) is 10.0 Å². The molecule has 0 aliphatic rings. The Morgan fingerprint density at radius 3 is 2.55 bits per heavy atom. The van der Waals surface area contributed by atoms with Crippen LogP contribution in [0.4, 0.5) is 0 Å². The Bertz CT molecular complexity index is 676. The first-order valence-corrected chi connectivity index (χ1v) is 7.52. The maximum atomic E-state index is 12.2. The number of benzene rings is 1. The maximum absolute atomic E-state index is 12.2. The van der Waals surface area contributed by atoms with Crippen molar-refractivity contribution >= 4 is 35.2 Å². The van der Waals surface area contributed by atoms with Gasteiger partial charge in [0, 0.05) is 35.9 Å². The van der Waals surface area contributed by atoms with E-state index in [0.29, 0.717) is 23.1 Å². The van der Waals surface area contributed by atoms with Crippen molar-refractivity contribution in [1.82, 2.24) is 19.9 Å². The summed E-state index contributed by atoms with van der Waals surface area (Å²) in [6.07, 6.45) is 4.98. The minimum Gasteiger partial charge on any atom is -0.333 e. The molecule has 0 N–H and O–H groups in total. The van der Waals surface area contributed by atoms with Crippen LogP contribution in [0.25, 0.3) is 6.08 Å². The number of nitrogens with zero attached hydrogens (tertiary/aromatic N) is 4. The lowest BCUT2D eigenvalue weighted by atomic mass is 10.2. The van der Waals surface area contributed by atoms with E-state index in [2.05, 4.69) is 10.3 Å². The van der Waals surface area contributed by atoms with Crippen molar-refractivity contribution in [1.29, 1.82) is 0 Å². The summed E-state index contributed by atoms with van der Waals surface area (Å²) in [6, 6.07) is 5.14. The molecule has 0 spiro atoms. The zero-order valence-electron chi connectivity index (χ0n) is 12.3. The average Bonchev–Trinajstić information content (AvgIpc) is 2.86. The third-order valence-electron chi connectivity index (χ3n) is 3.00. The van der Waals surface area contributed by atoms with Gasteiger partial charge in [-0.1, -0.05) is 28.4 Å². The summed E-state index contributed by atoms with van der Waals surface area (Å²) in [5.41, 5.74) is 1.53. The normalized spacial score (nSPS) is 11.1. The van der Waals surface area contributed by atoms with E-state index in [0.717, 1.165) is 11.3 Å². The van der Waals surface area contributed by atoms with Crippen LogP contribution in [-0.2, 0) is 18.4 Å². The van der Waals surface area contributed by atoms with Crippen molar-refractivity contribution in [2.45, 2.75) is 13.5 Å². The number of carbonyl (C=O) groups is 1. The average molecular weight is 339 g/mol. The molecule has 1 amide bonds. The van der Waals surface area contributed by atoms with Crippen LogP contribution < -0.4 is 0 Å². The lowest BCUT2D eigenvalue weighted by Crippen LogP contribution is -2.28. The van der Waals surface area contributed by atoms with Crippen molar-refractivity contribution in [2.24, 2.45) is 7.05 Å². The molecule has 5 nitrogen and oxygen atoms in total. The topological polar surface area (TPSA) is 51.0 Å². The van der Waals surface area contributed by atoms with Gasteiger partial charge < -0.3 is 4.90 Å². The fourth-order valence-electron chi connectivity index (χ4n) is 1.95. The van der Waals surface area contributed by atoms with Crippen LogP contribution in [0.15, 0.2) is 30.5 Å². The molecule has 7 heteroatoms. The molecule has 0 bridgehead atoms. The van der Waals surface area contributed by atoms with Crippen LogP contribution in [0.5, 0.6) is 0 Å². The largest absolute Gasteiger partial charge is 0.333 e. The molecular weight excluding hydrogens is 323 g/mol. The predicted octanol–water partition coefficient (Wildman–Crippen LogP) is 3.18. The van der Waals surface area contributed by atoms with Gasteiger partial charge in [-0.25, -0.2) is 0 Å². The molecule has 1 aromatic carbocycles. The first kappa shape index (κ1) is 16.5. The lowest BCUT2D eigenvalue weighted by molar-refractivity contribution is -0.126. The number of amides is 1. The van der Waals surface area contributed by atoms with E-state index in [1.807, 2.05) is 6.92 Å². The third-order valence-corrected chi connectivity index (χ3v) is 3.44. The van der Waals surface area contributed by atoms with E-state index in [9.17, 15) is 4.79 Å². The highest BCUT2D eigenvalue weighted by molar-refractivity contribution is 6.34. The molecule has 0 saturated heterocycles. The SMILES string of the molecule is CCN(Cc1cn(C)nn1)C(=O)/C=C/c1cc(Cl)cc(Cl)c1. The highest BCUT2D eigenvalue weighted by Crippen LogP contribution is 2.20. The number of aryl methyl sites for hydroxylation is 1. The fraction of sp³-hybridized carbons (Fsp3) is 0.267. The standard InChI is InChI=1S/C15H16Cl2N4O/c1-3-21(10-14-9-20(2)19-18-14)15(22)5-4-11-6-12(16)8-13(17)7-11/h4-9H,3,10H2,1-2H3/b5-4+. The molecule has 2 rings (SSSR count). The first-order chi connectivity index (χ1) is 10.5. The van der Waals surface area contributed by atoms with Gasteiger partial charge >= 0.3 is 0 Å². The number of carbonyl (C=O) groups excluding carboxylic acids is 1. The van der Waals surface area contributed by atoms with Gasteiger partial charge in [0.25, 0.3) is 0 Å². The van der Waals surface area contributed by atoms with E-state index >= 15 is 0 Å².